The minimum absolute atomic E-state index is 0.0627. The highest BCUT2D eigenvalue weighted by Gasteiger charge is 2.47. The van der Waals surface area contributed by atoms with E-state index in [4.69, 9.17) is 16.2 Å². The Balaban J connectivity index is 1.03. The highest BCUT2D eigenvalue weighted by atomic mass is 19.3. The number of halogens is 2. The quantitative estimate of drug-likeness (QED) is 0.0323. The second-order valence-corrected chi connectivity index (χ2v) is 17.7. The smallest absolute Gasteiger partial charge is 0.326 e. The van der Waals surface area contributed by atoms with E-state index >= 15 is 0 Å². The van der Waals surface area contributed by atoms with Gasteiger partial charge < -0.3 is 61.3 Å². The molecule has 0 spiro atoms. The number of likely N-dealkylation sites (tertiary alicyclic amines) is 1. The van der Waals surface area contributed by atoms with E-state index in [2.05, 4.69) is 35.8 Å². The number of hydrogen-bond donors (Lipinski definition) is 7. The molecular formula is C46H55F2N15O12. The third kappa shape index (κ3) is 15.9. The topological polar surface area (TPSA) is 377 Å². The number of fused-ring (bicyclic) bond motifs is 1. The van der Waals surface area contributed by atoms with Gasteiger partial charge in [-0.3, -0.25) is 48.3 Å². The van der Waals surface area contributed by atoms with Gasteiger partial charge in [-0.05, 0) is 30.7 Å². The number of nitriles is 1. The van der Waals surface area contributed by atoms with Crippen LogP contribution in [-0.2, 0) is 64.5 Å². The van der Waals surface area contributed by atoms with Gasteiger partial charge in [0.25, 0.3) is 11.8 Å². The standard InChI is InChI=1S/C46H55F2N15O12/c47-46(48)19-28(20-49)63(27-46)41(68)21-55-43(70)30-4-5-52-32-3-2-29(16-31(30)32)75-15-1-8-58-11-13-60(14-12-58)42(69)26-59(22-37-53-6-9-61(37)24-39(66)56-33(44(71)72)17-35(50)64)23-38-54-7-10-62(38)25-40(67)57-34(45(73)74)18-36(51)65/h2-7,9-10,16,28,33-34H,1,8,11-15,17-19,21-27H2,(H2,50,64)(H2,51,65)(H,55,70)(H,56,66)(H,57,67)(H,71,72)(H,73,74)/t28-,33-,34-/m0/s1. The normalized spacial score (nSPS) is 16.2. The lowest BCUT2D eigenvalue weighted by molar-refractivity contribution is -0.143. The van der Waals surface area contributed by atoms with Gasteiger partial charge in [-0.1, -0.05) is 0 Å². The number of benzene rings is 1. The molecule has 29 heteroatoms. The largest absolute Gasteiger partial charge is 0.494 e. The first kappa shape index (κ1) is 55.7. The van der Waals surface area contributed by atoms with Crippen molar-refractivity contribution >= 4 is 64.2 Å². The minimum atomic E-state index is -3.20. The van der Waals surface area contributed by atoms with Crippen molar-refractivity contribution in [2.45, 2.75) is 75.9 Å². The van der Waals surface area contributed by atoms with Crippen molar-refractivity contribution < 1.29 is 66.9 Å². The number of piperazine rings is 1. The second-order valence-electron chi connectivity index (χ2n) is 17.7. The Labute approximate surface area is 425 Å². The molecule has 1 aromatic carbocycles. The van der Waals surface area contributed by atoms with Gasteiger partial charge in [-0.25, -0.2) is 28.3 Å². The molecule has 3 atom stereocenters. The maximum atomic E-state index is 14.0. The van der Waals surface area contributed by atoms with Gasteiger partial charge in [0.2, 0.25) is 35.4 Å². The van der Waals surface area contributed by atoms with Crippen LogP contribution in [0.2, 0.25) is 0 Å². The summed E-state index contributed by atoms with van der Waals surface area (Å²) in [7, 11) is 0. The Bertz CT molecular complexity index is 2740. The van der Waals surface area contributed by atoms with Crippen molar-refractivity contribution in [3.63, 3.8) is 0 Å². The molecule has 9 N–H and O–H groups in total. The maximum absolute atomic E-state index is 14.0. The van der Waals surface area contributed by atoms with Gasteiger partial charge in [0.05, 0.1) is 69.3 Å². The Morgan fingerprint density at radius 3 is 1.96 bits per heavy atom. The van der Waals surface area contributed by atoms with E-state index in [1.165, 1.54) is 46.2 Å². The van der Waals surface area contributed by atoms with E-state index in [1.54, 1.807) is 34.1 Å². The van der Waals surface area contributed by atoms with Crippen molar-refractivity contribution in [1.29, 1.82) is 5.26 Å². The van der Waals surface area contributed by atoms with Crippen LogP contribution < -0.4 is 32.2 Å². The summed E-state index contributed by atoms with van der Waals surface area (Å²) in [6.45, 7) is 0.00525. The molecule has 0 unspecified atom stereocenters. The molecule has 0 aliphatic carbocycles. The monoisotopic (exact) mass is 1050 g/mol. The Morgan fingerprint density at radius 2 is 1.41 bits per heavy atom. The molecule has 2 aliphatic rings. The van der Waals surface area contributed by atoms with E-state index in [0.29, 0.717) is 55.8 Å². The summed E-state index contributed by atoms with van der Waals surface area (Å²) in [4.78, 5) is 131. The summed E-state index contributed by atoms with van der Waals surface area (Å²) in [6.07, 6.45) is 5.66. The van der Waals surface area contributed by atoms with Crippen LogP contribution in [0.25, 0.3) is 10.9 Å². The first-order valence-corrected chi connectivity index (χ1v) is 23.4. The molecule has 0 saturated carbocycles. The summed E-state index contributed by atoms with van der Waals surface area (Å²) in [5.41, 5.74) is 10.9. The third-order valence-electron chi connectivity index (χ3n) is 12.1. The average molecular weight is 1050 g/mol. The fourth-order valence-corrected chi connectivity index (χ4v) is 8.38. The fraction of sp³-hybridized carbons (Fsp3) is 0.457. The SMILES string of the molecule is N#C[C@@H]1CC(F)(F)CN1C(=O)CNC(=O)c1ccnc2ccc(OCCCN3CCN(C(=O)CN(Cc4nccn4CC(=O)N[C@@H](CC(N)=O)C(=O)O)Cc4nccn4CC(=O)N[C@@H](CC(N)=O)C(=O)O)CC3)cc12. The number of amides is 7. The molecule has 6 rings (SSSR count). The molecule has 400 valence electrons. The van der Waals surface area contributed by atoms with Crippen LogP contribution in [0.3, 0.4) is 0 Å². The second kappa shape index (κ2) is 25.3. The number of ether oxygens (including phenoxy) is 1. The number of rotatable bonds is 26. The van der Waals surface area contributed by atoms with Gasteiger partial charge >= 0.3 is 11.9 Å². The summed E-state index contributed by atoms with van der Waals surface area (Å²) in [6, 6.07) is 3.69. The number of carboxylic acid groups (broad SMARTS) is 2. The van der Waals surface area contributed by atoms with E-state index in [-0.39, 0.29) is 49.4 Å². The van der Waals surface area contributed by atoms with Crippen molar-refractivity contribution in [1.82, 2.24) is 59.6 Å². The number of carboxylic acids is 2. The molecule has 27 nitrogen and oxygen atoms in total. The number of alkyl halides is 2. The lowest BCUT2D eigenvalue weighted by Crippen LogP contribution is -2.51. The third-order valence-corrected chi connectivity index (χ3v) is 12.1. The van der Waals surface area contributed by atoms with Gasteiger partial charge in [0.15, 0.2) is 0 Å². The molecular weight excluding hydrogens is 993 g/mol. The van der Waals surface area contributed by atoms with Crippen molar-refractivity contribution in [3.8, 4) is 11.8 Å². The van der Waals surface area contributed by atoms with Crippen LogP contribution >= 0.6 is 0 Å². The predicted molar refractivity (Wildman–Crippen MR) is 253 cm³/mol. The van der Waals surface area contributed by atoms with E-state index < -0.39 is 117 Å². The summed E-state index contributed by atoms with van der Waals surface area (Å²) >= 11 is 0. The van der Waals surface area contributed by atoms with Crippen molar-refractivity contribution in [2.24, 2.45) is 11.5 Å². The maximum Gasteiger partial charge on any atom is 0.326 e. The van der Waals surface area contributed by atoms with Crippen LogP contribution in [0.4, 0.5) is 8.78 Å². The number of carbonyl (C=O) groups excluding carboxylic acids is 7. The number of carbonyl (C=O) groups is 9. The van der Waals surface area contributed by atoms with Gasteiger partial charge in [0, 0.05) is 75.5 Å². The lowest BCUT2D eigenvalue weighted by atomic mass is 10.1. The highest BCUT2D eigenvalue weighted by Crippen LogP contribution is 2.31. The number of hydrogen-bond acceptors (Lipinski definition) is 16. The minimum Gasteiger partial charge on any atom is -0.494 e. The van der Waals surface area contributed by atoms with Crippen LogP contribution in [-0.4, -0.2) is 190 Å². The van der Waals surface area contributed by atoms with Crippen LogP contribution in [0, 0.1) is 11.3 Å². The summed E-state index contributed by atoms with van der Waals surface area (Å²) < 4.78 is 36.6. The molecule has 75 heavy (non-hydrogen) atoms. The molecule has 5 heterocycles. The van der Waals surface area contributed by atoms with Crippen LogP contribution in [0.15, 0.2) is 55.2 Å². The zero-order valence-corrected chi connectivity index (χ0v) is 40.3. The van der Waals surface area contributed by atoms with Crippen molar-refractivity contribution in [3.05, 3.63) is 72.5 Å². The molecule has 2 saturated heterocycles. The highest BCUT2D eigenvalue weighted by molar-refractivity contribution is 6.07. The van der Waals surface area contributed by atoms with Gasteiger partial charge in [-0.15, -0.1) is 0 Å². The molecule has 0 radical (unpaired) electrons. The summed E-state index contributed by atoms with van der Waals surface area (Å²) in [5.74, 6) is -10.3. The number of imidazole rings is 2. The number of nitrogens with one attached hydrogen (secondary N) is 3. The van der Waals surface area contributed by atoms with E-state index in [0.717, 1.165) is 4.90 Å². The molecule has 7 amide bonds. The number of nitrogens with zero attached hydrogens (tertiary/aromatic N) is 10. The van der Waals surface area contributed by atoms with Crippen LogP contribution in [0.1, 0.15) is 47.7 Å². The van der Waals surface area contributed by atoms with Gasteiger partial charge in [0.1, 0.15) is 48.6 Å². The molecule has 4 aromatic rings. The number of aliphatic carboxylic acids is 2. The molecule has 2 fully saturated rings. The Hall–Kier alpha value is -8.65. The zero-order valence-electron chi connectivity index (χ0n) is 40.3. The fourth-order valence-electron chi connectivity index (χ4n) is 8.38. The molecule has 2 aliphatic heterocycles. The summed E-state index contributed by atoms with van der Waals surface area (Å²) in [5, 5.41) is 35.6. The number of pyridine rings is 1. The zero-order chi connectivity index (χ0) is 54.4. The number of nitrogens with two attached hydrogens (primary N) is 2. The van der Waals surface area contributed by atoms with Crippen LogP contribution in [0.5, 0.6) is 5.75 Å². The Kier molecular flexibility index (Phi) is 18.8. The predicted octanol–water partition coefficient (Wildman–Crippen LogP) is -2.38. The van der Waals surface area contributed by atoms with E-state index in [9.17, 15) is 67.4 Å². The molecule has 0 bridgehead atoms. The number of aromatic nitrogens is 5. The van der Waals surface area contributed by atoms with Crippen molar-refractivity contribution in [2.75, 3.05) is 59.0 Å². The Morgan fingerprint density at radius 1 is 0.827 bits per heavy atom. The number of primary amides is 2. The van der Waals surface area contributed by atoms with Gasteiger partial charge in [-0.2, -0.15) is 5.26 Å². The lowest BCUT2D eigenvalue weighted by Gasteiger charge is -2.35. The first-order valence-electron chi connectivity index (χ1n) is 23.4. The first-order chi connectivity index (χ1) is 35.7. The molecule has 3 aromatic heterocycles. The van der Waals surface area contributed by atoms with E-state index in [1.807, 2.05) is 0 Å². The average Bonchev–Trinajstić information content (AvgIpc) is 4.08.